The zero-order valence-corrected chi connectivity index (χ0v) is 22.2. The molecule has 206 valence electrons. The smallest absolute Gasteiger partial charge is 0.343 e. The minimum atomic E-state index is -1.67. The number of pyridine rings is 1. The van der Waals surface area contributed by atoms with E-state index >= 15 is 0 Å². The van der Waals surface area contributed by atoms with Crippen molar-refractivity contribution in [3.05, 3.63) is 88.8 Å². The van der Waals surface area contributed by atoms with E-state index in [4.69, 9.17) is 7.48 Å². The van der Waals surface area contributed by atoms with E-state index in [9.17, 15) is 18.8 Å². The first-order chi connectivity index (χ1) is 20.6. The van der Waals surface area contributed by atoms with Crippen LogP contribution in [0, 0.1) is 17.7 Å². The molecule has 11 heteroatoms. The first kappa shape index (κ1) is 23.7. The molecule has 3 aromatic heterocycles. The van der Waals surface area contributed by atoms with Crippen molar-refractivity contribution >= 4 is 29.2 Å². The fourth-order valence-electron chi connectivity index (χ4n) is 5.04. The van der Waals surface area contributed by atoms with Crippen LogP contribution in [0.25, 0.3) is 5.65 Å². The molecule has 0 aliphatic carbocycles. The molecule has 2 atom stereocenters. The highest BCUT2D eigenvalue weighted by molar-refractivity contribution is 6.21. The van der Waals surface area contributed by atoms with Gasteiger partial charge in [0.1, 0.15) is 22.9 Å². The van der Waals surface area contributed by atoms with Gasteiger partial charge in [0.15, 0.2) is 5.65 Å². The number of aromatic nitrogens is 4. The van der Waals surface area contributed by atoms with Crippen molar-refractivity contribution in [1.29, 1.82) is 0 Å². The predicted octanol–water partition coefficient (Wildman–Crippen LogP) is 3.82. The van der Waals surface area contributed by atoms with Gasteiger partial charge in [-0.15, -0.1) is 0 Å². The Morgan fingerprint density at radius 2 is 1.98 bits per heavy atom. The molecule has 0 N–H and O–H groups in total. The summed E-state index contributed by atoms with van der Waals surface area (Å²) in [7, 11) is 0. The first-order valence-corrected chi connectivity index (χ1v) is 13.0. The number of nitrogens with zero attached hydrogens (tertiary/aromatic N) is 6. The van der Waals surface area contributed by atoms with Crippen LogP contribution in [0.2, 0.25) is 0 Å². The summed E-state index contributed by atoms with van der Waals surface area (Å²) in [5.41, 5.74) is 1.50. The van der Waals surface area contributed by atoms with Crippen LogP contribution in [-0.4, -0.2) is 61.5 Å². The van der Waals surface area contributed by atoms with Crippen molar-refractivity contribution < 1.29 is 26.3 Å². The average molecular weight is 555 g/mol. The number of esters is 1. The number of anilines is 1. The number of hydrogen-bond acceptors (Lipinski definition) is 8. The molecule has 1 saturated heterocycles. The molecule has 1 aromatic carbocycles. The van der Waals surface area contributed by atoms with Crippen LogP contribution in [-0.2, 0) is 4.74 Å². The maximum absolute atomic E-state index is 14.6. The lowest BCUT2D eigenvalue weighted by Crippen LogP contribution is -2.37. The number of fused-ring (bicyclic) bond motifs is 2. The standard InChI is InChI=1S/C30H25FN6O4/c1-3-41-30(40)23-17-33-36-14-12-26(34-27(23)36)35-13-6-9-25(35)22-15-19(31)16-32-24(22)11-10-18(2)37-28(38)20-7-4-5-8-21(20)29(37)39/h4-5,7-8,12,14-18,25H,3,6,9,13H2,1-2H3/t18-,25?/m1/s1/i6D2. The van der Waals surface area contributed by atoms with Gasteiger partial charge in [-0.1, -0.05) is 18.1 Å². The van der Waals surface area contributed by atoms with Crippen molar-refractivity contribution in [3.8, 4) is 11.8 Å². The van der Waals surface area contributed by atoms with Gasteiger partial charge in [-0.25, -0.2) is 23.7 Å². The maximum Gasteiger partial charge on any atom is 0.343 e. The third kappa shape index (κ3) is 4.57. The minimum absolute atomic E-state index is 0.0162. The largest absolute Gasteiger partial charge is 0.462 e. The Hall–Kier alpha value is -5.11. The Labute approximate surface area is 237 Å². The van der Waals surface area contributed by atoms with Crippen LogP contribution in [0.4, 0.5) is 10.2 Å². The molecular weight excluding hydrogens is 527 g/mol. The normalized spacial score (nSPS) is 19.0. The number of amides is 2. The number of ether oxygens (including phenoxy) is 1. The van der Waals surface area contributed by atoms with Gasteiger partial charge in [-0.3, -0.25) is 14.5 Å². The van der Waals surface area contributed by atoms with E-state index in [0.29, 0.717) is 22.5 Å². The zero-order chi connectivity index (χ0) is 30.5. The van der Waals surface area contributed by atoms with Gasteiger partial charge in [-0.2, -0.15) is 5.10 Å². The van der Waals surface area contributed by atoms with E-state index in [1.54, 1.807) is 55.3 Å². The lowest BCUT2D eigenvalue weighted by molar-refractivity contribution is 0.0527. The summed E-state index contributed by atoms with van der Waals surface area (Å²) in [6.45, 7) is 3.41. The number of hydrogen-bond donors (Lipinski definition) is 0. The summed E-state index contributed by atoms with van der Waals surface area (Å²) in [6, 6.07) is 7.89. The molecule has 1 fully saturated rings. The van der Waals surface area contributed by atoms with Gasteiger partial charge in [0.25, 0.3) is 11.8 Å². The van der Waals surface area contributed by atoms with E-state index in [1.165, 1.54) is 16.8 Å². The lowest BCUT2D eigenvalue weighted by Gasteiger charge is -2.26. The molecule has 0 bridgehead atoms. The monoisotopic (exact) mass is 554 g/mol. The van der Waals surface area contributed by atoms with Crippen LogP contribution in [0.15, 0.2) is 55.0 Å². The fourth-order valence-corrected chi connectivity index (χ4v) is 5.04. The highest BCUT2D eigenvalue weighted by Gasteiger charge is 2.38. The number of imide groups is 1. The zero-order valence-electron chi connectivity index (χ0n) is 24.2. The summed E-state index contributed by atoms with van der Waals surface area (Å²) >= 11 is 0. The van der Waals surface area contributed by atoms with Crippen molar-refractivity contribution in [2.75, 3.05) is 18.1 Å². The van der Waals surface area contributed by atoms with Crippen LogP contribution in [0.5, 0.6) is 0 Å². The predicted molar refractivity (Wildman–Crippen MR) is 146 cm³/mol. The van der Waals surface area contributed by atoms with E-state index in [1.807, 2.05) is 0 Å². The van der Waals surface area contributed by atoms with Crippen molar-refractivity contribution in [2.24, 2.45) is 0 Å². The highest BCUT2D eigenvalue weighted by Crippen LogP contribution is 2.37. The van der Waals surface area contributed by atoms with Crippen LogP contribution in [0.3, 0.4) is 0 Å². The molecule has 41 heavy (non-hydrogen) atoms. The Kier molecular flexibility index (Phi) is 6.06. The SMILES string of the molecule is [2H]C1([2H])CC(c2cc(F)cnc2C#C[C@@H](C)N2C(=O)c3ccccc3C2=O)N(c2ccn3ncc(C(=O)OCC)c3n2)C1. The Balaban J connectivity index is 1.36. The fraction of sp³-hybridized carbons (Fsp3) is 0.267. The van der Waals surface area contributed by atoms with E-state index in [-0.39, 0.29) is 36.5 Å². The molecule has 2 aliphatic heterocycles. The molecule has 6 rings (SSSR count). The molecule has 1 unspecified atom stereocenters. The minimum Gasteiger partial charge on any atom is -0.462 e. The second-order valence-corrected chi connectivity index (χ2v) is 9.49. The number of benzene rings is 1. The van der Waals surface area contributed by atoms with Crippen LogP contribution in [0.1, 0.15) is 77.8 Å². The Morgan fingerprint density at radius 3 is 2.71 bits per heavy atom. The van der Waals surface area contributed by atoms with Crippen molar-refractivity contribution in [1.82, 2.24) is 24.5 Å². The number of halogens is 1. The van der Waals surface area contributed by atoms with Crippen LogP contribution >= 0.6 is 0 Å². The van der Waals surface area contributed by atoms with E-state index in [2.05, 4.69) is 26.9 Å². The average Bonchev–Trinajstić information content (AvgIpc) is 3.63. The summed E-state index contributed by atoms with van der Waals surface area (Å²) in [4.78, 5) is 49.8. The Morgan fingerprint density at radius 1 is 1.22 bits per heavy atom. The van der Waals surface area contributed by atoms with Gasteiger partial charge in [0, 0.05) is 21.0 Å². The van der Waals surface area contributed by atoms with Gasteiger partial charge in [0.05, 0.1) is 42.2 Å². The third-order valence-corrected chi connectivity index (χ3v) is 7.00. The molecule has 2 amide bonds. The van der Waals surface area contributed by atoms with Crippen LogP contribution < -0.4 is 4.90 Å². The topological polar surface area (TPSA) is 110 Å². The van der Waals surface area contributed by atoms with Gasteiger partial charge in [0.2, 0.25) is 0 Å². The first-order valence-electron chi connectivity index (χ1n) is 14.0. The van der Waals surface area contributed by atoms with Crippen molar-refractivity contribution in [2.45, 2.75) is 38.7 Å². The molecular formula is C30H25FN6O4. The highest BCUT2D eigenvalue weighted by atomic mass is 19.1. The van der Waals surface area contributed by atoms with Gasteiger partial charge >= 0.3 is 5.97 Å². The molecule has 2 aliphatic rings. The van der Waals surface area contributed by atoms with E-state index < -0.39 is 42.1 Å². The molecule has 5 heterocycles. The Bertz CT molecular complexity index is 1830. The molecule has 4 aromatic rings. The second-order valence-electron chi connectivity index (χ2n) is 9.49. The molecule has 0 spiro atoms. The quantitative estimate of drug-likeness (QED) is 0.208. The van der Waals surface area contributed by atoms with Gasteiger partial charge < -0.3 is 9.64 Å². The molecule has 10 nitrogen and oxygen atoms in total. The van der Waals surface area contributed by atoms with Crippen molar-refractivity contribution in [3.63, 3.8) is 0 Å². The number of carbonyl (C=O) groups excluding carboxylic acids is 3. The third-order valence-electron chi connectivity index (χ3n) is 7.00. The summed E-state index contributed by atoms with van der Waals surface area (Å²) in [5, 5.41) is 4.15. The lowest BCUT2D eigenvalue weighted by atomic mass is 10.0. The van der Waals surface area contributed by atoms with Gasteiger partial charge in [-0.05, 0) is 56.8 Å². The molecule has 0 saturated carbocycles. The number of rotatable bonds is 5. The second kappa shape index (κ2) is 10.5. The van der Waals surface area contributed by atoms with E-state index in [0.717, 1.165) is 11.1 Å². The summed E-state index contributed by atoms with van der Waals surface area (Å²) < 4.78 is 38.2. The number of carbonyl (C=O) groups is 3. The summed E-state index contributed by atoms with van der Waals surface area (Å²) in [6.07, 6.45) is 2.27. The summed E-state index contributed by atoms with van der Waals surface area (Å²) in [5.74, 6) is 4.03. The molecule has 0 radical (unpaired) electrons. The maximum atomic E-state index is 14.6.